The molecule has 0 radical (unpaired) electrons. The maximum absolute atomic E-state index is 13.6. The topological polar surface area (TPSA) is 104 Å². The van der Waals surface area contributed by atoms with Crippen molar-refractivity contribution in [1.29, 1.82) is 0 Å². The number of carbonyl (C=O) groups is 2. The Hall–Kier alpha value is -3.56. The van der Waals surface area contributed by atoms with Crippen LogP contribution in [0, 0.1) is 0 Å². The van der Waals surface area contributed by atoms with Crippen molar-refractivity contribution in [3.8, 4) is 0 Å². The number of rotatable bonds is 6. The van der Waals surface area contributed by atoms with Gasteiger partial charge in [-0.1, -0.05) is 24.3 Å². The van der Waals surface area contributed by atoms with Crippen molar-refractivity contribution < 1.29 is 14.0 Å². The highest BCUT2D eigenvalue weighted by Gasteiger charge is 2.34. The smallest absolute Gasteiger partial charge is 0.257 e. The van der Waals surface area contributed by atoms with E-state index in [0.717, 1.165) is 48.2 Å². The van der Waals surface area contributed by atoms with E-state index in [4.69, 9.17) is 5.73 Å². The average molecular weight is 491 g/mol. The lowest BCUT2D eigenvalue weighted by Gasteiger charge is -2.34. The summed E-state index contributed by atoms with van der Waals surface area (Å²) in [6.07, 6.45) is 1.99. The number of hydrogen-bond acceptors (Lipinski definition) is 6. The maximum Gasteiger partial charge on any atom is 0.257 e. The standard InChI is InChI=1S/C27H31FN6O2/c28-19-14-25(29)34(16-19)26(35)17-33-11-9-21(10-12-33)31-24-8-4-7-23-22(24)13-18(15-30-23)27(36)32-20-5-2-1-3-6-20/h1-8,13,15,19,21,25,31H,9-12,14,16-17,29H2,(H,32,36)/t19-,25-/m0/s1. The number of nitrogens with one attached hydrogen (secondary N) is 2. The lowest BCUT2D eigenvalue weighted by atomic mass is 10.0. The summed E-state index contributed by atoms with van der Waals surface area (Å²) in [4.78, 5) is 33.4. The van der Waals surface area contributed by atoms with Gasteiger partial charge in [-0.15, -0.1) is 0 Å². The lowest BCUT2D eigenvalue weighted by Crippen LogP contribution is -2.48. The largest absolute Gasteiger partial charge is 0.382 e. The van der Waals surface area contributed by atoms with Crippen molar-refractivity contribution in [3.05, 3.63) is 66.4 Å². The number of likely N-dealkylation sites (tertiary alicyclic amines) is 2. The fourth-order valence-corrected chi connectivity index (χ4v) is 4.96. The fourth-order valence-electron chi connectivity index (χ4n) is 4.96. The number of pyridine rings is 1. The average Bonchev–Trinajstić information content (AvgIpc) is 3.23. The number of fused-ring (bicyclic) bond motifs is 1. The Bertz CT molecular complexity index is 1230. The first-order valence-electron chi connectivity index (χ1n) is 12.4. The molecule has 3 heterocycles. The highest BCUT2D eigenvalue weighted by molar-refractivity contribution is 6.07. The van der Waals surface area contributed by atoms with E-state index in [1.165, 1.54) is 4.90 Å². The van der Waals surface area contributed by atoms with E-state index in [1.807, 2.05) is 54.6 Å². The molecule has 0 saturated carbocycles. The molecule has 4 N–H and O–H groups in total. The monoisotopic (exact) mass is 490 g/mol. The second kappa shape index (κ2) is 10.6. The first-order valence-corrected chi connectivity index (χ1v) is 12.4. The first kappa shape index (κ1) is 24.1. The number of benzene rings is 2. The Kier molecular flexibility index (Phi) is 7.11. The van der Waals surface area contributed by atoms with E-state index in [-0.39, 0.29) is 37.4 Å². The predicted molar refractivity (Wildman–Crippen MR) is 138 cm³/mol. The zero-order chi connectivity index (χ0) is 25.1. The molecule has 2 aliphatic heterocycles. The Morgan fingerprint density at radius 2 is 1.86 bits per heavy atom. The molecular formula is C27H31FN6O2. The summed E-state index contributed by atoms with van der Waals surface area (Å²) < 4.78 is 13.6. The minimum absolute atomic E-state index is 0.0957. The summed E-state index contributed by atoms with van der Waals surface area (Å²) in [5, 5.41) is 7.41. The summed E-state index contributed by atoms with van der Waals surface area (Å²) in [7, 11) is 0. The molecule has 2 aliphatic rings. The highest BCUT2D eigenvalue weighted by Crippen LogP contribution is 2.26. The number of hydrogen-bond donors (Lipinski definition) is 3. The second-order valence-electron chi connectivity index (χ2n) is 9.56. The molecule has 2 amide bonds. The number of halogens is 1. The summed E-state index contributed by atoms with van der Waals surface area (Å²) in [5.74, 6) is -0.310. The zero-order valence-electron chi connectivity index (χ0n) is 20.1. The third-order valence-electron chi connectivity index (χ3n) is 6.94. The predicted octanol–water partition coefficient (Wildman–Crippen LogP) is 3.22. The number of carbonyl (C=O) groups excluding carboxylic acids is 2. The van der Waals surface area contributed by atoms with Gasteiger partial charge >= 0.3 is 0 Å². The molecule has 0 unspecified atom stereocenters. The third-order valence-corrected chi connectivity index (χ3v) is 6.94. The number of amides is 2. The molecule has 9 heteroatoms. The van der Waals surface area contributed by atoms with Crippen molar-refractivity contribution in [2.45, 2.75) is 37.6 Å². The van der Waals surface area contributed by atoms with Gasteiger partial charge < -0.3 is 21.3 Å². The van der Waals surface area contributed by atoms with Crippen LogP contribution in [0.2, 0.25) is 0 Å². The Balaban J connectivity index is 1.21. The molecule has 8 nitrogen and oxygen atoms in total. The van der Waals surface area contributed by atoms with E-state index in [0.29, 0.717) is 5.56 Å². The van der Waals surface area contributed by atoms with Gasteiger partial charge in [0.25, 0.3) is 5.91 Å². The van der Waals surface area contributed by atoms with Gasteiger partial charge in [-0.2, -0.15) is 0 Å². The number of piperidine rings is 1. The fraction of sp³-hybridized carbons (Fsp3) is 0.370. The zero-order valence-corrected chi connectivity index (χ0v) is 20.1. The van der Waals surface area contributed by atoms with Gasteiger partial charge in [0.05, 0.1) is 30.3 Å². The number of aromatic nitrogens is 1. The van der Waals surface area contributed by atoms with Gasteiger partial charge in [0, 0.05) is 48.5 Å². The Morgan fingerprint density at radius 3 is 2.58 bits per heavy atom. The summed E-state index contributed by atoms with van der Waals surface area (Å²) >= 11 is 0. The van der Waals surface area contributed by atoms with Crippen molar-refractivity contribution in [3.63, 3.8) is 0 Å². The van der Waals surface area contributed by atoms with E-state index < -0.39 is 12.3 Å². The number of nitrogens with zero attached hydrogens (tertiary/aromatic N) is 3. The molecule has 2 atom stereocenters. The quantitative estimate of drug-likeness (QED) is 0.490. The number of alkyl halides is 1. The van der Waals surface area contributed by atoms with Crippen molar-refractivity contribution in [2.75, 3.05) is 36.8 Å². The Morgan fingerprint density at radius 1 is 1.08 bits per heavy atom. The molecule has 3 aromatic rings. The van der Waals surface area contributed by atoms with Crippen LogP contribution in [-0.2, 0) is 4.79 Å². The van der Waals surface area contributed by atoms with Crippen molar-refractivity contribution >= 4 is 34.1 Å². The first-order chi connectivity index (χ1) is 17.5. The molecule has 1 aromatic heterocycles. The van der Waals surface area contributed by atoms with E-state index in [2.05, 4.69) is 20.5 Å². The second-order valence-corrected chi connectivity index (χ2v) is 9.56. The maximum atomic E-state index is 13.6. The van der Waals surface area contributed by atoms with Crippen LogP contribution in [0.1, 0.15) is 29.6 Å². The minimum Gasteiger partial charge on any atom is -0.382 e. The van der Waals surface area contributed by atoms with Gasteiger partial charge in [0.2, 0.25) is 5.91 Å². The van der Waals surface area contributed by atoms with Gasteiger partial charge in [-0.05, 0) is 43.2 Å². The molecule has 0 spiro atoms. The van der Waals surface area contributed by atoms with Crippen LogP contribution in [0.3, 0.4) is 0 Å². The number of para-hydroxylation sites is 1. The molecule has 5 rings (SSSR count). The summed E-state index contributed by atoms with van der Waals surface area (Å²) in [6, 6.07) is 17.3. The molecule has 0 bridgehead atoms. The molecule has 2 aromatic carbocycles. The SMILES string of the molecule is N[C@@H]1C[C@H](F)CN1C(=O)CN1CCC(Nc2cccc3ncc(C(=O)Nc4ccccc4)cc23)CC1. The molecule has 188 valence electrons. The van der Waals surface area contributed by atoms with Crippen LogP contribution < -0.4 is 16.4 Å². The van der Waals surface area contributed by atoms with E-state index in [1.54, 1.807) is 6.20 Å². The van der Waals surface area contributed by atoms with E-state index >= 15 is 0 Å². The molecule has 2 saturated heterocycles. The summed E-state index contributed by atoms with van der Waals surface area (Å²) in [6.45, 7) is 1.89. The van der Waals surface area contributed by atoms with Gasteiger partial charge in [-0.25, -0.2) is 4.39 Å². The van der Waals surface area contributed by atoms with Crippen LogP contribution in [0.15, 0.2) is 60.8 Å². The number of nitrogens with two attached hydrogens (primary N) is 1. The highest BCUT2D eigenvalue weighted by atomic mass is 19.1. The van der Waals surface area contributed by atoms with Crippen LogP contribution in [-0.4, -0.2) is 71.2 Å². The van der Waals surface area contributed by atoms with Crippen LogP contribution in [0.4, 0.5) is 15.8 Å². The van der Waals surface area contributed by atoms with Gasteiger partial charge in [0.15, 0.2) is 0 Å². The molecular weight excluding hydrogens is 459 g/mol. The normalized spacial score (nSPS) is 21.0. The van der Waals surface area contributed by atoms with Crippen LogP contribution >= 0.6 is 0 Å². The van der Waals surface area contributed by atoms with Gasteiger partial charge in [0.1, 0.15) is 6.17 Å². The summed E-state index contributed by atoms with van der Waals surface area (Å²) in [5.41, 5.74) is 8.87. The van der Waals surface area contributed by atoms with Crippen molar-refractivity contribution in [2.24, 2.45) is 5.73 Å². The number of anilines is 2. The van der Waals surface area contributed by atoms with Crippen LogP contribution in [0.5, 0.6) is 0 Å². The van der Waals surface area contributed by atoms with Crippen molar-refractivity contribution in [1.82, 2.24) is 14.8 Å². The minimum atomic E-state index is -1.03. The molecule has 2 fully saturated rings. The molecule has 36 heavy (non-hydrogen) atoms. The Labute approximate surface area is 209 Å². The third kappa shape index (κ3) is 5.47. The van der Waals surface area contributed by atoms with Crippen LogP contribution in [0.25, 0.3) is 10.9 Å². The van der Waals surface area contributed by atoms with Gasteiger partial charge in [-0.3, -0.25) is 19.5 Å². The lowest BCUT2D eigenvalue weighted by molar-refractivity contribution is -0.133. The van der Waals surface area contributed by atoms with E-state index in [9.17, 15) is 14.0 Å². The molecule has 0 aliphatic carbocycles.